The van der Waals surface area contributed by atoms with Gasteiger partial charge in [-0.25, -0.2) is 4.90 Å². The molecule has 0 bridgehead atoms. The van der Waals surface area contributed by atoms with Crippen molar-refractivity contribution in [1.29, 1.82) is 0 Å². The first-order valence-corrected chi connectivity index (χ1v) is 10.9. The van der Waals surface area contributed by atoms with E-state index in [1.54, 1.807) is 12.1 Å². The lowest BCUT2D eigenvalue weighted by atomic mass is 9.99. The Morgan fingerprint density at radius 1 is 0.727 bits per heavy atom. The zero-order chi connectivity index (χ0) is 23.9. The van der Waals surface area contributed by atoms with Crippen molar-refractivity contribution in [2.45, 2.75) is 34.6 Å². The van der Waals surface area contributed by atoms with Gasteiger partial charge in [0.1, 0.15) is 11.4 Å². The van der Waals surface area contributed by atoms with Gasteiger partial charge < -0.3 is 10.1 Å². The summed E-state index contributed by atoms with van der Waals surface area (Å²) in [6.07, 6.45) is 0. The first-order valence-electron chi connectivity index (χ1n) is 10.9. The first kappa shape index (κ1) is 22.3. The van der Waals surface area contributed by atoms with Crippen LogP contribution in [0.1, 0.15) is 33.4 Å². The van der Waals surface area contributed by atoms with E-state index in [9.17, 15) is 9.59 Å². The summed E-state index contributed by atoms with van der Waals surface area (Å²) >= 11 is 0. The Kier molecular flexibility index (Phi) is 5.81. The number of carbonyl (C=O) groups is 2. The maximum Gasteiger partial charge on any atom is 0.282 e. The largest absolute Gasteiger partial charge is 0.495 e. The van der Waals surface area contributed by atoms with Gasteiger partial charge in [0.2, 0.25) is 0 Å². The third-order valence-electron chi connectivity index (χ3n) is 5.95. The molecule has 3 aromatic carbocycles. The molecule has 168 valence electrons. The summed E-state index contributed by atoms with van der Waals surface area (Å²) in [6, 6.07) is 17.3. The van der Waals surface area contributed by atoms with Gasteiger partial charge in [-0.2, -0.15) is 0 Å². The van der Waals surface area contributed by atoms with Crippen LogP contribution in [0.3, 0.4) is 0 Å². The van der Waals surface area contributed by atoms with Gasteiger partial charge in [-0.3, -0.25) is 9.59 Å². The third kappa shape index (κ3) is 4.14. The minimum absolute atomic E-state index is 0.261. The summed E-state index contributed by atoms with van der Waals surface area (Å²) in [5.41, 5.74) is 7.76. The Hall–Kier alpha value is -3.86. The SMILES string of the molecule is COc1ccc(C)cc1N1C(=O)C(Nc2cc(C)cc(C)c2)=C(c2ccc(C)c(C)c2)C1=O. The van der Waals surface area contributed by atoms with Crippen LogP contribution in [-0.4, -0.2) is 18.9 Å². The second-order valence-corrected chi connectivity index (χ2v) is 8.67. The van der Waals surface area contributed by atoms with E-state index in [1.807, 2.05) is 71.0 Å². The Bertz CT molecular complexity index is 1300. The number of nitrogens with zero attached hydrogens (tertiary/aromatic N) is 1. The molecular formula is C28H28N2O3. The summed E-state index contributed by atoms with van der Waals surface area (Å²) in [6.45, 7) is 9.94. The van der Waals surface area contributed by atoms with Crippen LogP contribution in [0.2, 0.25) is 0 Å². The Morgan fingerprint density at radius 2 is 1.42 bits per heavy atom. The molecule has 1 heterocycles. The maximum absolute atomic E-state index is 13.8. The minimum atomic E-state index is -0.406. The third-order valence-corrected chi connectivity index (χ3v) is 5.95. The topological polar surface area (TPSA) is 58.6 Å². The molecule has 0 fully saturated rings. The summed E-state index contributed by atoms with van der Waals surface area (Å²) in [5, 5.41) is 3.26. The Labute approximate surface area is 194 Å². The number of aryl methyl sites for hydroxylation is 5. The molecule has 1 N–H and O–H groups in total. The molecule has 5 nitrogen and oxygen atoms in total. The summed E-state index contributed by atoms with van der Waals surface area (Å²) in [5.74, 6) is -0.315. The van der Waals surface area contributed by atoms with Gasteiger partial charge in [0.05, 0.1) is 18.4 Å². The monoisotopic (exact) mass is 440 g/mol. The summed E-state index contributed by atoms with van der Waals surface area (Å²) in [7, 11) is 1.53. The highest BCUT2D eigenvalue weighted by molar-refractivity contribution is 6.46. The zero-order valence-corrected chi connectivity index (χ0v) is 19.9. The van der Waals surface area contributed by atoms with E-state index >= 15 is 0 Å². The Balaban J connectivity index is 1.89. The van der Waals surface area contributed by atoms with Gasteiger partial charge in [-0.1, -0.05) is 30.3 Å². The van der Waals surface area contributed by atoms with E-state index < -0.39 is 5.91 Å². The first-order chi connectivity index (χ1) is 15.7. The van der Waals surface area contributed by atoms with Gasteiger partial charge in [-0.05, 0) is 92.3 Å². The smallest absolute Gasteiger partial charge is 0.282 e. The van der Waals surface area contributed by atoms with Crippen LogP contribution in [0.5, 0.6) is 5.75 Å². The van der Waals surface area contributed by atoms with Crippen molar-refractivity contribution < 1.29 is 14.3 Å². The number of rotatable bonds is 5. The number of benzene rings is 3. The van der Waals surface area contributed by atoms with E-state index in [4.69, 9.17) is 4.74 Å². The Morgan fingerprint density at radius 3 is 2.06 bits per heavy atom. The normalized spacial score (nSPS) is 13.7. The second kappa shape index (κ2) is 8.58. The summed E-state index contributed by atoms with van der Waals surface area (Å²) in [4.78, 5) is 28.7. The van der Waals surface area contributed by atoms with Gasteiger partial charge in [0.25, 0.3) is 11.8 Å². The predicted octanol–water partition coefficient (Wildman–Crippen LogP) is 5.63. The average molecular weight is 441 g/mol. The lowest BCUT2D eigenvalue weighted by molar-refractivity contribution is -0.120. The fraction of sp³-hybridized carbons (Fsp3) is 0.214. The molecule has 0 spiro atoms. The minimum Gasteiger partial charge on any atom is -0.495 e. The number of nitrogens with one attached hydrogen (secondary N) is 1. The highest BCUT2D eigenvalue weighted by Gasteiger charge is 2.41. The van der Waals surface area contributed by atoms with Crippen molar-refractivity contribution in [2.75, 3.05) is 17.3 Å². The van der Waals surface area contributed by atoms with Crippen LogP contribution in [0.15, 0.2) is 60.3 Å². The van der Waals surface area contributed by atoms with Crippen molar-refractivity contribution in [3.63, 3.8) is 0 Å². The van der Waals surface area contributed by atoms with Crippen LogP contribution < -0.4 is 15.0 Å². The van der Waals surface area contributed by atoms with Crippen LogP contribution in [-0.2, 0) is 9.59 Å². The van der Waals surface area contributed by atoms with Crippen LogP contribution in [0.4, 0.5) is 11.4 Å². The molecule has 0 radical (unpaired) electrons. The molecule has 1 aliphatic rings. The van der Waals surface area contributed by atoms with E-state index in [1.165, 1.54) is 12.0 Å². The van der Waals surface area contributed by atoms with Crippen LogP contribution >= 0.6 is 0 Å². The van der Waals surface area contributed by atoms with E-state index in [0.717, 1.165) is 33.5 Å². The maximum atomic E-state index is 13.8. The number of ether oxygens (including phenoxy) is 1. The molecule has 0 saturated carbocycles. The lowest BCUT2D eigenvalue weighted by Gasteiger charge is -2.19. The van der Waals surface area contributed by atoms with Gasteiger partial charge in [-0.15, -0.1) is 0 Å². The number of anilines is 2. The number of hydrogen-bond donors (Lipinski definition) is 1. The molecule has 0 saturated heterocycles. The van der Waals surface area contributed by atoms with Crippen molar-refractivity contribution in [3.8, 4) is 5.75 Å². The van der Waals surface area contributed by atoms with Crippen LogP contribution in [0.25, 0.3) is 5.57 Å². The predicted molar refractivity (Wildman–Crippen MR) is 133 cm³/mol. The van der Waals surface area contributed by atoms with Gasteiger partial charge >= 0.3 is 0 Å². The average Bonchev–Trinajstić information content (AvgIpc) is 2.98. The zero-order valence-electron chi connectivity index (χ0n) is 19.9. The number of imide groups is 1. The highest BCUT2D eigenvalue weighted by Crippen LogP contribution is 2.38. The molecule has 5 heteroatoms. The molecule has 2 amide bonds. The standard InChI is InChI=1S/C28H28N2O3/c1-16-7-10-24(33-6)23(14-16)30-27(31)25(21-9-8-19(4)20(5)15-21)26(28(30)32)29-22-12-17(2)11-18(3)13-22/h7-15,29H,1-6H3. The molecule has 0 aliphatic carbocycles. The summed E-state index contributed by atoms with van der Waals surface area (Å²) < 4.78 is 5.49. The van der Waals surface area contributed by atoms with Crippen molar-refractivity contribution >= 4 is 28.8 Å². The molecular weight excluding hydrogens is 412 g/mol. The molecule has 1 aliphatic heterocycles. The van der Waals surface area contributed by atoms with E-state index in [0.29, 0.717) is 22.6 Å². The molecule has 0 aromatic heterocycles. The molecule has 33 heavy (non-hydrogen) atoms. The molecule has 3 aromatic rings. The van der Waals surface area contributed by atoms with Crippen molar-refractivity contribution in [1.82, 2.24) is 0 Å². The van der Waals surface area contributed by atoms with Crippen molar-refractivity contribution in [3.05, 3.63) is 93.7 Å². The quantitative estimate of drug-likeness (QED) is 0.522. The fourth-order valence-corrected chi connectivity index (χ4v) is 4.20. The molecule has 0 atom stereocenters. The second-order valence-electron chi connectivity index (χ2n) is 8.67. The number of carbonyl (C=O) groups excluding carboxylic acids is 2. The van der Waals surface area contributed by atoms with E-state index in [-0.39, 0.29) is 11.6 Å². The van der Waals surface area contributed by atoms with Gasteiger partial charge in [0.15, 0.2) is 0 Å². The van der Waals surface area contributed by atoms with E-state index in [2.05, 4.69) is 11.4 Å². The highest BCUT2D eigenvalue weighted by atomic mass is 16.5. The molecule has 4 rings (SSSR count). The fourth-order valence-electron chi connectivity index (χ4n) is 4.20. The van der Waals surface area contributed by atoms with Crippen molar-refractivity contribution in [2.24, 2.45) is 0 Å². The van der Waals surface area contributed by atoms with Crippen LogP contribution in [0, 0.1) is 34.6 Å². The number of amides is 2. The van der Waals surface area contributed by atoms with Gasteiger partial charge in [0, 0.05) is 5.69 Å². The molecule has 0 unspecified atom stereocenters. The number of methoxy groups -OCH3 is 1. The lowest BCUT2D eigenvalue weighted by Crippen LogP contribution is -2.32. The number of hydrogen-bond acceptors (Lipinski definition) is 4.